The minimum Gasteiger partial charge on any atom is -0.390 e. The van der Waals surface area contributed by atoms with E-state index in [1.165, 1.54) is 15.3 Å². The summed E-state index contributed by atoms with van der Waals surface area (Å²) in [6, 6.07) is 3.26. The van der Waals surface area contributed by atoms with Crippen molar-refractivity contribution in [3.8, 4) is 11.3 Å². The summed E-state index contributed by atoms with van der Waals surface area (Å²) in [6.07, 6.45) is 2.19. The third-order valence-corrected chi connectivity index (χ3v) is 6.88. The smallest absolute Gasteiger partial charge is 0.256 e. The normalized spacial score (nSPS) is 20.8. The Kier molecular flexibility index (Phi) is 5.78. The van der Waals surface area contributed by atoms with Crippen LogP contribution in [0.3, 0.4) is 0 Å². The minimum atomic E-state index is -2.58. The second-order valence-corrected chi connectivity index (χ2v) is 9.16. The third-order valence-electron chi connectivity index (χ3n) is 6.88. The summed E-state index contributed by atoms with van der Waals surface area (Å²) in [4.78, 5) is 13.0. The molecule has 0 spiro atoms. The molecule has 35 heavy (non-hydrogen) atoms. The molecule has 0 aromatic carbocycles. The molecule has 4 aromatic heterocycles. The number of aromatic nitrogens is 6. The summed E-state index contributed by atoms with van der Waals surface area (Å²) in [5.74, 6) is 0.0992. The zero-order chi connectivity index (χ0) is 24.9. The predicted molar refractivity (Wildman–Crippen MR) is 126 cm³/mol. The summed E-state index contributed by atoms with van der Waals surface area (Å²) in [5.41, 5.74) is 6.82. The van der Waals surface area contributed by atoms with Gasteiger partial charge < -0.3 is 20.7 Å². The molecule has 0 radical (unpaired) electrons. The highest BCUT2D eigenvalue weighted by Crippen LogP contribution is 2.34. The number of nitrogens with one attached hydrogen (secondary N) is 1. The Hall–Kier alpha value is -3.41. The van der Waals surface area contributed by atoms with Gasteiger partial charge in [0.25, 0.3) is 6.43 Å². The van der Waals surface area contributed by atoms with Crippen molar-refractivity contribution in [2.45, 2.75) is 70.6 Å². The van der Waals surface area contributed by atoms with Crippen LogP contribution in [0, 0.1) is 12.7 Å². The molecule has 12 heteroatoms. The fourth-order valence-electron chi connectivity index (χ4n) is 4.83. The first-order valence-electron chi connectivity index (χ1n) is 11.6. The van der Waals surface area contributed by atoms with Gasteiger partial charge in [-0.2, -0.15) is 4.98 Å². The van der Waals surface area contributed by atoms with E-state index in [-0.39, 0.29) is 40.2 Å². The molecule has 9 nitrogen and oxygen atoms in total. The summed E-state index contributed by atoms with van der Waals surface area (Å²) in [6.45, 7) is 3.03. The zero-order valence-electron chi connectivity index (χ0n) is 19.5. The van der Waals surface area contributed by atoms with E-state index in [0.29, 0.717) is 30.6 Å². The van der Waals surface area contributed by atoms with Gasteiger partial charge in [-0.3, -0.25) is 0 Å². The number of nitrogens with zero attached hydrogens (tertiary/aromatic N) is 6. The number of hydrogen-bond donors (Lipinski definition) is 3. The maximum Gasteiger partial charge on any atom is 0.256 e. The van der Waals surface area contributed by atoms with Crippen LogP contribution in [0.25, 0.3) is 27.9 Å². The van der Waals surface area contributed by atoms with Gasteiger partial charge in [-0.1, -0.05) is 6.92 Å². The highest BCUT2D eigenvalue weighted by atomic mass is 19.3. The van der Waals surface area contributed by atoms with Crippen LogP contribution in [0.15, 0.2) is 18.3 Å². The average Bonchev–Trinajstić information content (AvgIpc) is 3.30. The monoisotopic (exact) mass is 488 g/mol. The summed E-state index contributed by atoms with van der Waals surface area (Å²) >= 11 is 0. The Morgan fingerprint density at radius 3 is 2.66 bits per heavy atom. The van der Waals surface area contributed by atoms with Gasteiger partial charge in [0, 0.05) is 6.04 Å². The Bertz CT molecular complexity index is 1390. The van der Waals surface area contributed by atoms with Crippen molar-refractivity contribution in [1.29, 1.82) is 0 Å². The van der Waals surface area contributed by atoms with Gasteiger partial charge in [-0.25, -0.2) is 27.7 Å². The van der Waals surface area contributed by atoms with Crippen LogP contribution in [0.1, 0.15) is 44.9 Å². The van der Waals surface area contributed by atoms with Crippen molar-refractivity contribution >= 4 is 28.4 Å². The molecule has 4 N–H and O–H groups in total. The Morgan fingerprint density at radius 1 is 1.23 bits per heavy atom. The van der Waals surface area contributed by atoms with Gasteiger partial charge in [0.15, 0.2) is 17.3 Å². The molecule has 1 fully saturated rings. The van der Waals surface area contributed by atoms with E-state index >= 15 is 4.39 Å². The molecular weight excluding hydrogens is 461 g/mol. The second-order valence-electron chi connectivity index (χ2n) is 9.16. The first kappa shape index (κ1) is 23.3. The van der Waals surface area contributed by atoms with E-state index in [1.54, 1.807) is 19.1 Å². The third kappa shape index (κ3) is 4.26. The van der Waals surface area contributed by atoms with E-state index < -0.39 is 24.4 Å². The number of rotatable bonds is 6. The maximum absolute atomic E-state index is 15.1. The van der Waals surface area contributed by atoms with E-state index in [0.717, 1.165) is 12.8 Å². The Balaban J connectivity index is 1.49. The fraction of sp³-hybridized carbons (Fsp3) is 0.478. The van der Waals surface area contributed by atoms with Crippen LogP contribution < -0.4 is 11.1 Å². The number of aliphatic hydroxyl groups is 1. The molecule has 186 valence electrons. The van der Waals surface area contributed by atoms with Crippen molar-refractivity contribution < 1.29 is 18.3 Å². The number of anilines is 2. The number of imidazole rings is 1. The number of halogens is 3. The average molecular weight is 489 g/mol. The quantitative estimate of drug-likeness (QED) is 0.376. The van der Waals surface area contributed by atoms with E-state index in [4.69, 9.17) is 5.73 Å². The maximum atomic E-state index is 15.1. The van der Waals surface area contributed by atoms with Crippen molar-refractivity contribution in [3.05, 3.63) is 30.0 Å². The molecule has 5 rings (SSSR count). The van der Waals surface area contributed by atoms with Gasteiger partial charge in [-0.15, -0.1) is 5.10 Å². The molecular formula is C23H27F3N8O. The lowest BCUT2D eigenvalue weighted by Crippen LogP contribution is -2.38. The van der Waals surface area contributed by atoms with Gasteiger partial charge in [0.05, 0.1) is 29.6 Å². The number of alkyl halides is 2. The van der Waals surface area contributed by atoms with E-state index in [1.807, 2.05) is 6.92 Å². The summed E-state index contributed by atoms with van der Waals surface area (Å²) < 4.78 is 43.9. The van der Waals surface area contributed by atoms with Crippen LogP contribution in [-0.2, 0) is 6.54 Å². The number of aryl methyl sites for hydroxylation is 1. The molecule has 0 bridgehead atoms. The van der Waals surface area contributed by atoms with Crippen LogP contribution in [-0.4, -0.2) is 52.3 Å². The first-order valence-corrected chi connectivity index (χ1v) is 11.6. The van der Waals surface area contributed by atoms with Crippen molar-refractivity contribution in [2.24, 2.45) is 0 Å². The largest absolute Gasteiger partial charge is 0.390 e. The number of hydrogen-bond acceptors (Lipinski definition) is 7. The molecule has 0 unspecified atom stereocenters. The summed E-state index contributed by atoms with van der Waals surface area (Å²) in [5, 5.41) is 18.1. The SMILES string of the molecule is CCC1(O)CCC(Nc2nc(N)c3c(-c4ccc5nc(C)n(CC(F)F)c5n4)c(F)cn3n2)CC1. The fourth-order valence-corrected chi connectivity index (χ4v) is 4.83. The lowest BCUT2D eigenvalue weighted by Gasteiger charge is -2.35. The molecule has 0 saturated heterocycles. The van der Waals surface area contributed by atoms with Crippen molar-refractivity contribution in [3.63, 3.8) is 0 Å². The number of fused-ring (bicyclic) bond motifs is 2. The molecule has 4 heterocycles. The van der Waals surface area contributed by atoms with E-state index in [9.17, 15) is 13.9 Å². The van der Waals surface area contributed by atoms with Crippen LogP contribution in [0.2, 0.25) is 0 Å². The zero-order valence-corrected chi connectivity index (χ0v) is 19.5. The minimum absolute atomic E-state index is 0.0569. The predicted octanol–water partition coefficient (Wildman–Crippen LogP) is 3.93. The lowest BCUT2D eigenvalue weighted by molar-refractivity contribution is -0.00198. The van der Waals surface area contributed by atoms with Gasteiger partial charge in [0.1, 0.15) is 16.9 Å². The standard InChI is InChI=1S/C23H27F3N8O/c1-3-23(35)8-6-13(7-9-23)29-22-31-20(27)19-18(14(24)10-34(19)32-22)15-4-5-16-21(30-15)33(11-17(25)26)12(2)28-16/h4-5,10,13,17,35H,3,6-9,11H2,1-2H3,(H3,27,29,31,32). The van der Waals surface area contributed by atoms with Crippen LogP contribution >= 0.6 is 0 Å². The number of pyridine rings is 1. The molecule has 0 aliphatic heterocycles. The second kappa shape index (κ2) is 8.67. The van der Waals surface area contributed by atoms with Crippen LogP contribution in [0.5, 0.6) is 0 Å². The molecule has 1 saturated carbocycles. The van der Waals surface area contributed by atoms with Crippen molar-refractivity contribution in [1.82, 2.24) is 29.1 Å². The first-order chi connectivity index (χ1) is 16.7. The topological polar surface area (TPSA) is 119 Å². The lowest BCUT2D eigenvalue weighted by atomic mass is 9.80. The molecule has 4 aromatic rings. The van der Waals surface area contributed by atoms with Gasteiger partial charge >= 0.3 is 0 Å². The number of nitrogen functional groups attached to an aromatic ring is 1. The van der Waals surface area contributed by atoms with E-state index in [2.05, 4.69) is 25.4 Å². The molecule has 1 aliphatic carbocycles. The Morgan fingerprint density at radius 2 is 1.97 bits per heavy atom. The van der Waals surface area contributed by atoms with Gasteiger partial charge in [-0.05, 0) is 51.2 Å². The number of nitrogens with two attached hydrogens (primary N) is 1. The Labute approximate surface area is 199 Å². The van der Waals surface area contributed by atoms with Crippen LogP contribution in [0.4, 0.5) is 24.9 Å². The molecule has 0 amide bonds. The highest BCUT2D eigenvalue weighted by molar-refractivity contribution is 5.89. The van der Waals surface area contributed by atoms with Crippen molar-refractivity contribution in [2.75, 3.05) is 11.1 Å². The highest BCUT2D eigenvalue weighted by Gasteiger charge is 2.32. The summed E-state index contributed by atoms with van der Waals surface area (Å²) in [7, 11) is 0. The molecule has 0 atom stereocenters. The van der Waals surface area contributed by atoms with Gasteiger partial charge in [0.2, 0.25) is 5.95 Å². The molecule has 1 aliphatic rings.